The summed E-state index contributed by atoms with van der Waals surface area (Å²) in [5, 5.41) is 0.775. The lowest BCUT2D eigenvalue weighted by atomic mass is 9.85. The molecule has 1 heterocycles. The molecule has 19 heavy (non-hydrogen) atoms. The smallest absolute Gasteiger partial charge is 0.252 e. The second-order valence-corrected chi connectivity index (χ2v) is 8.23. The number of aromatic nitrogens is 1. The molecule has 1 saturated carbocycles. The van der Waals surface area contributed by atoms with Crippen molar-refractivity contribution < 1.29 is 8.42 Å². The van der Waals surface area contributed by atoms with Gasteiger partial charge in [0.15, 0.2) is 4.21 Å². The minimum Gasteiger partial charge on any atom is -0.330 e. The van der Waals surface area contributed by atoms with E-state index >= 15 is 0 Å². The average Bonchev–Trinajstić information content (AvgIpc) is 2.69. The molecule has 0 amide bonds. The fourth-order valence-corrected chi connectivity index (χ4v) is 5.50. The van der Waals surface area contributed by atoms with Crippen molar-refractivity contribution in [2.75, 3.05) is 6.54 Å². The summed E-state index contributed by atoms with van der Waals surface area (Å²) < 4.78 is 28.0. The van der Waals surface area contributed by atoms with Gasteiger partial charge in [0.05, 0.1) is 10.7 Å². The van der Waals surface area contributed by atoms with Gasteiger partial charge in [0.25, 0.3) is 10.0 Å². The third kappa shape index (κ3) is 3.34. The largest absolute Gasteiger partial charge is 0.330 e. The molecule has 0 spiro atoms. The number of hydrogen-bond donors (Lipinski definition) is 2. The average molecular weight is 303 g/mol. The third-order valence-corrected chi connectivity index (χ3v) is 6.80. The summed E-state index contributed by atoms with van der Waals surface area (Å²) in [5.41, 5.74) is 6.32. The van der Waals surface area contributed by atoms with Gasteiger partial charge in [0, 0.05) is 6.04 Å². The van der Waals surface area contributed by atoms with Gasteiger partial charge in [-0.3, -0.25) is 0 Å². The van der Waals surface area contributed by atoms with Crippen LogP contribution in [0.1, 0.15) is 36.4 Å². The Bertz CT molecular complexity index is 539. The first-order valence-electron chi connectivity index (χ1n) is 6.60. The van der Waals surface area contributed by atoms with E-state index in [0.29, 0.717) is 16.4 Å². The first kappa shape index (κ1) is 14.9. The van der Waals surface area contributed by atoms with Gasteiger partial charge >= 0.3 is 0 Å². The zero-order chi connectivity index (χ0) is 14.0. The van der Waals surface area contributed by atoms with Gasteiger partial charge in [-0.05, 0) is 39.2 Å². The Hall–Kier alpha value is -0.500. The first-order valence-corrected chi connectivity index (χ1v) is 8.90. The van der Waals surface area contributed by atoms with Crippen LogP contribution in [0.4, 0.5) is 0 Å². The SMILES string of the molecule is Cc1nc(C)c(S(=O)(=O)N[C@@H]2CCCC[C@H]2CN)s1. The van der Waals surface area contributed by atoms with E-state index in [-0.39, 0.29) is 12.0 Å². The molecule has 7 heteroatoms. The summed E-state index contributed by atoms with van der Waals surface area (Å²) in [6.07, 6.45) is 4.07. The van der Waals surface area contributed by atoms with Crippen LogP contribution >= 0.6 is 11.3 Å². The highest BCUT2D eigenvalue weighted by Crippen LogP contribution is 2.27. The second kappa shape index (κ2) is 5.87. The van der Waals surface area contributed by atoms with E-state index in [1.54, 1.807) is 6.92 Å². The molecule has 0 unspecified atom stereocenters. The van der Waals surface area contributed by atoms with E-state index in [1.807, 2.05) is 6.92 Å². The molecule has 1 aliphatic carbocycles. The Kier molecular flexibility index (Phi) is 4.60. The van der Waals surface area contributed by atoms with Crippen molar-refractivity contribution in [3.05, 3.63) is 10.7 Å². The molecule has 0 aromatic carbocycles. The van der Waals surface area contributed by atoms with Crippen molar-refractivity contribution in [3.8, 4) is 0 Å². The second-order valence-electron chi connectivity index (χ2n) is 5.11. The van der Waals surface area contributed by atoms with Gasteiger partial charge in [0.2, 0.25) is 0 Å². The van der Waals surface area contributed by atoms with Crippen LogP contribution in [0.5, 0.6) is 0 Å². The number of nitrogens with zero attached hydrogens (tertiary/aromatic N) is 1. The summed E-state index contributed by atoms with van der Waals surface area (Å²) in [7, 11) is -3.46. The van der Waals surface area contributed by atoms with Crippen LogP contribution in [0.25, 0.3) is 0 Å². The number of thiazole rings is 1. The van der Waals surface area contributed by atoms with E-state index < -0.39 is 10.0 Å². The van der Waals surface area contributed by atoms with Gasteiger partial charge in [-0.1, -0.05) is 12.8 Å². The predicted molar refractivity (Wildman–Crippen MR) is 76.7 cm³/mol. The normalized spacial score (nSPS) is 24.6. The molecule has 0 aliphatic heterocycles. The molecule has 0 radical (unpaired) electrons. The molecule has 5 nitrogen and oxygen atoms in total. The number of nitrogens with two attached hydrogens (primary N) is 1. The molecule has 2 rings (SSSR count). The molecule has 108 valence electrons. The van der Waals surface area contributed by atoms with Gasteiger partial charge in [-0.25, -0.2) is 18.1 Å². The van der Waals surface area contributed by atoms with E-state index in [4.69, 9.17) is 5.73 Å². The molecule has 0 saturated heterocycles. The lowest BCUT2D eigenvalue weighted by Gasteiger charge is -2.30. The third-order valence-electron chi connectivity index (χ3n) is 3.62. The van der Waals surface area contributed by atoms with E-state index in [1.165, 1.54) is 11.3 Å². The van der Waals surface area contributed by atoms with Crippen LogP contribution in [-0.2, 0) is 10.0 Å². The maximum absolute atomic E-state index is 12.4. The minimum atomic E-state index is -3.46. The van der Waals surface area contributed by atoms with E-state index in [0.717, 1.165) is 30.7 Å². The molecule has 1 fully saturated rings. The predicted octanol–water partition coefficient (Wildman–Crippen LogP) is 1.56. The number of sulfonamides is 1. The van der Waals surface area contributed by atoms with Crippen LogP contribution in [0, 0.1) is 19.8 Å². The number of nitrogens with one attached hydrogen (secondary N) is 1. The zero-order valence-electron chi connectivity index (χ0n) is 11.3. The highest BCUT2D eigenvalue weighted by Gasteiger charge is 2.30. The molecule has 3 N–H and O–H groups in total. The summed E-state index contributed by atoms with van der Waals surface area (Å²) in [6.45, 7) is 4.09. The summed E-state index contributed by atoms with van der Waals surface area (Å²) in [4.78, 5) is 4.18. The van der Waals surface area contributed by atoms with E-state index in [2.05, 4.69) is 9.71 Å². The van der Waals surface area contributed by atoms with Gasteiger partial charge in [0.1, 0.15) is 0 Å². The Morgan fingerprint density at radius 1 is 1.37 bits per heavy atom. The summed E-state index contributed by atoms with van der Waals surface area (Å²) in [5.74, 6) is 0.248. The molecule has 1 aliphatic rings. The molecular weight excluding hydrogens is 282 g/mol. The first-order chi connectivity index (χ1) is 8.94. The van der Waals surface area contributed by atoms with Crippen LogP contribution in [-0.4, -0.2) is 26.0 Å². The number of rotatable bonds is 4. The molecule has 2 atom stereocenters. The Morgan fingerprint density at radius 2 is 2.05 bits per heavy atom. The Labute approximate surface area is 118 Å². The molecule has 1 aromatic rings. The zero-order valence-corrected chi connectivity index (χ0v) is 13.0. The van der Waals surface area contributed by atoms with Crippen molar-refractivity contribution >= 4 is 21.4 Å². The molecular formula is C12H21N3O2S2. The lowest BCUT2D eigenvalue weighted by molar-refractivity contribution is 0.296. The maximum Gasteiger partial charge on any atom is 0.252 e. The van der Waals surface area contributed by atoms with Crippen LogP contribution in [0.2, 0.25) is 0 Å². The Morgan fingerprint density at radius 3 is 2.63 bits per heavy atom. The summed E-state index contributed by atoms with van der Waals surface area (Å²) >= 11 is 1.23. The summed E-state index contributed by atoms with van der Waals surface area (Å²) in [6, 6.07) is -0.0365. The monoisotopic (exact) mass is 303 g/mol. The van der Waals surface area contributed by atoms with Crippen molar-refractivity contribution in [1.82, 2.24) is 9.71 Å². The molecule has 0 bridgehead atoms. The topological polar surface area (TPSA) is 85.1 Å². The Balaban J connectivity index is 2.19. The minimum absolute atomic E-state index is 0.0365. The van der Waals surface area contributed by atoms with Crippen LogP contribution in [0.3, 0.4) is 0 Å². The van der Waals surface area contributed by atoms with Crippen molar-refractivity contribution in [3.63, 3.8) is 0 Å². The highest BCUT2D eigenvalue weighted by atomic mass is 32.2. The highest BCUT2D eigenvalue weighted by molar-refractivity contribution is 7.91. The fraction of sp³-hybridized carbons (Fsp3) is 0.750. The van der Waals surface area contributed by atoms with Crippen LogP contribution in [0.15, 0.2) is 4.21 Å². The lowest BCUT2D eigenvalue weighted by Crippen LogP contribution is -2.44. The van der Waals surface area contributed by atoms with Gasteiger partial charge in [-0.2, -0.15) is 0 Å². The van der Waals surface area contributed by atoms with Crippen molar-refractivity contribution in [1.29, 1.82) is 0 Å². The van der Waals surface area contributed by atoms with Gasteiger partial charge < -0.3 is 5.73 Å². The van der Waals surface area contributed by atoms with E-state index in [9.17, 15) is 8.42 Å². The number of hydrogen-bond acceptors (Lipinski definition) is 5. The molecule has 1 aromatic heterocycles. The van der Waals surface area contributed by atoms with Crippen LogP contribution < -0.4 is 10.5 Å². The van der Waals surface area contributed by atoms with Gasteiger partial charge in [-0.15, -0.1) is 11.3 Å². The maximum atomic E-state index is 12.4. The van der Waals surface area contributed by atoms with Crippen molar-refractivity contribution in [2.24, 2.45) is 11.7 Å². The standard InChI is InChI=1S/C12H21N3O2S2/c1-8-12(18-9(2)14-8)19(16,17)15-11-6-4-3-5-10(11)7-13/h10-11,15H,3-7,13H2,1-2H3/t10-,11+/m0/s1. The quantitative estimate of drug-likeness (QED) is 0.884. The number of aryl methyl sites for hydroxylation is 2. The van der Waals surface area contributed by atoms with Crippen molar-refractivity contribution in [2.45, 2.75) is 49.8 Å². The fourth-order valence-electron chi connectivity index (χ4n) is 2.66.